The van der Waals surface area contributed by atoms with Gasteiger partial charge in [0.15, 0.2) is 5.78 Å². The largest absolute Gasteiger partial charge is 0.462 e. The molecular formula is C23H34O4. The van der Waals surface area contributed by atoms with Gasteiger partial charge in [-0.2, -0.15) is 0 Å². The van der Waals surface area contributed by atoms with Crippen LogP contribution in [0.2, 0.25) is 0 Å². The lowest BCUT2D eigenvalue weighted by Gasteiger charge is -2.49. The molecule has 0 aromatic heterocycles. The Hall–Kier alpha value is -1.16. The zero-order valence-electron chi connectivity index (χ0n) is 17.5. The van der Waals surface area contributed by atoms with Crippen LogP contribution in [0.3, 0.4) is 0 Å². The van der Waals surface area contributed by atoms with E-state index in [-0.39, 0.29) is 40.9 Å². The minimum Gasteiger partial charge on any atom is -0.462 e. The summed E-state index contributed by atoms with van der Waals surface area (Å²) in [5, 5.41) is 0. The van der Waals surface area contributed by atoms with Gasteiger partial charge in [0.1, 0.15) is 6.10 Å². The van der Waals surface area contributed by atoms with Gasteiger partial charge in [-0.3, -0.25) is 9.59 Å². The molecule has 4 aliphatic rings. The summed E-state index contributed by atoms with van der Waals surface area (Å²) in [6.45, 7) is 14.6. The van der Waals surface area contributed by atoms with Crippen LogP contribution >= 0.6 is 0 Å². The minimum atomic E-state index is -0.350. The van der Waals surface area contributed by atoms with Crippen molar-refractivity contribution in [1.29, 1.82) is 0 Å². The van der Waals surface area contributed by atoms with E-state index in [0.717, 1.165) is 12.8 Å². The molecular weight excluding hydrogens is 340 g/mol. The van der Waals surface area contributed by atoms with Gasteiger partial charge in [0.25, 0.3) is 0 Å². The zero-order chi connectivity index (χ0) is 19.8. The van der Waals surface area contributed by atoms with Crippen LogP contribution in [-0.4, -0.2) is 29.6 Å². The highest BCUT2D eigenvalue weighted by atomic mass is 16.6. The fourth-order valence-corrected chi connectivity index (χ4v) is 6.24. The second-order valence-corrected chi connectivity index (χ2v) is 10.7. The molecule has 1 heterocycles. The van der Waals surface area contributed by atoms with Gasteiger partial charge >= 0.3 is 5.97 Å². The molecule has 150 valence electrons. The first-order chi connectivity index (χ1) is 12.5. The number of carbonyl (C=O) groups excluding carboxylic acids is 2. The number of fused-ring (bicyclic) bond motifs is 4. The molecule has 1 saturated heterocycles. The molecule has 4 fully saturated rings. The Bertz CT molecular complexity index is 694. The highest BCUT2D eigenvalue weighted by Crippen LogP contribution is 2.63. The van der Waals surface area contributed by atoms with Gasteiger partial charge in [-0.25, -0.2) is 0 Å². The lowest BCUT2D eigenvalue weighted by molar-refractivity contribution is -0.155. The average Bonchev–Trinajstić information content (AvgIpc) is 3.38. The van der Waals surface area contributed by atoms with E-state index in [2.05, 4.69) is 34.3 Å². The number of ketones is 1. The van der Waals surface area contributed by atoms with Crippen molar-refractivity contribution < 1.29 is 19.1 Å². The highest BCUT2D eigenvalue weighted by Gasteiger charge is 2.61. The standard InChI is InChI=1S/C23H34O4/c1-13-17(25)10-15-9-16-11-22(16,5)8-7-19-23(6,27-19)12-18(26-14(2)24)20(13)21(15,3)4/h15-16,18-20H,1,7-12H2,2-6H3/t15?,16?,18-,19?,20?,22?,23?/m0/s1. The summed E-state index contributed by atoms with van der Waals surface area (Å²) in [5.41, 5.74) is 0.657. The molecule has 4 heteroatoms. The van der Waals surface area contributed by atoms with Crippen LogP contribution < -0.4 is 0 Å². The summed E-state index contributed by atoms with van der Waals surface area (Å²) < 4.78 is 11.9. The molecule has 7 atom stereocenters. The number of hydrogen-bond donors (Lipinski definition) is 0. The van der Waals surface area contributed by atoms with Crippen LogP contribution in [0.4, 0.5) is 0 Å². The normalized spacial score (nSPS) is 48.4. The predicted octanol–water partition coefficient (Wildman–Crippen LogP) is 4.46. The van der Waals surface area contributed by atoms with Gasteiger partial charge in [-0.1, -0.05) is 27.4 Å². The van der Waals surface area contributed by atoms with Crippen LogP contribution in [0.1, 0.15) is 73.1 Å². The van der Waals surface area contributed by atoms with Crippen molar-refractivity contribution in [3.63, 3.8) is 0 Å². The lowest BCUT2D eigenvalue weighted by Crippen LogP contribution is -2.49. The quantitative estimate of drug-likeness (QED) is 0.386. The highest BCUT2D eigenvalue weighted by molar-refractivity contribution is 5.96. The molecule has 6 unspecified atom stereocenters. The Balaban J connectivity index is 1.72. The second kappa shape index (κ2) is 5.92. The first kappa shape index (κ1) is 19.2. The first-order valence-electron chi connectivity index (χ1n) is 10.5. The van der Waals surface area contributed by atoms with E-state index in [1.165, 1.54) is 19.8 Å². The molecule has 0 N–H and O–H groups in total. The number of ether oxygens (including phenoxy) is 2. The predicted molar refractivity (Wildman–Crippen MR) is 103 cm³/mol. The van der Waals surface area contributed by atoms with Crippen molar-refractivity contribution in [2.24, 2.45) is 28.6 Å². The van der Waals surface area contributed by atoms with Crippen molar-refractivity contribution in [2.75, 3.05) is 0 Å². The molecule has 0 amide bonds. The third-order valence-electron chi connectivity index (χ3n) is 8.43. The molecule has 0 aromatic carbocycles. The SMILES string of the molecule is C=C1C(=O)CC2CC3CC3(C)CCC3OC3(C)C[C@H](OC(C)=O)C1C2(C)C. The second-order valence-electron chi connectivity index (χ2n) is 10.7. The number of hydrogen-bond acceptors (Lipinski definition) is 4. The topological polar surface area (TPSA) is 55.9 Å². The van der Waals surface area contributed by atoms with Crippen molar-refractivity contribution in [3.05, 3.63) is 12.2 Å². The smallest absolute Gasteiger partial charge is 0.302 e. The van der Waals surface area contributed by atoms with Gasteiger partial charge in [-0.15, -0.1) is 0 Å². The van der Waals surface area contributed by atoms with Gasteiger partial charge in [0.05, 0.1) is 11.7 Å². The molecule has 3 saturated carbocycles. The molecule has 0 aromatic rings. The van der Waals surface area contributed by atoms with Gasteiger partial charge in [0, 0.05) is 25.7 Å². The number of rotatable bonds is 1. The van der Waals surface area contributed by atoms with Crippen molar-refractivity contribution in [2.45, 2.75) is 91.0 Å². The van der Waals surface area contributed by atoms with E-state index < -0.39 is 0 Å². The molecule has 1 aliphatic heterocycles. The summed E-state index contributed by atoms with van der Waals surface area (Å²) in [5.74, 6) is 0.727. The maximum atomic E-state index is 12.8. The molecule has 4 nitrogen and oxygen atoms in total. The lowest BCUT2D eigenvalue weighted by atomic mass is 9.56. The number of epoxide rings is 1. The molecule has 2 bridgehead atoms. The molecule has 27 heavy (non-hydrogen) atoms. The summed E-state index contributed by atoms with van der Waals surface area (Å²) in [7, 11) is 0. The first-order valence-corrected chi connectivity index (χ1v) is 10.5. The Morgan fingerprint density at radius 2 is 1.89 bits per heavy atom. The van der Waals surface area contributed by atoms with Crippen LogP contribution in [-0.2, 0) is 19.1 Å². The van der Waals surface area contributed by atoms with Crippen LogP contribution in [0.25, 0.3) is 0 Å². The molecule has 0 spiro atoms. The van der Waals surface area contributed by atoms with Crippen molar-refractivity contribution in [3.8, 4) is 0 Å². The van der Waals surface area contributed by atoms with Crippen LogP contribution in [0.15, 0.2) is 12.2 Å². The fraction of sp³-hybridized carbons (Fsp3) is 0.826. The number of carbonyl (C=O) groups is 2. The maximum Gasteiger partial charge on any atom is 0.302 e. The molecule has 3 aliphatic carbocycles. The van der Waals surface area contributed by atoms with Gasteiger partial charge in [0.2, 0.25) is 0 Å². The van der Waals surface area contributed by atoms with E-state index in [4.69, 9.17) is 9.47 Å². The van der Waals surface area contributed by atoms with Crippen LogP contribution in [0.5, 0.6) is 0 Å². The molecule has 4 rings (SSSR count). The third kappa shape index (κ3) is 3.18. The van der Waals surface area contributed by atoms with Crippen molar-refractivity contribution in [1.82, 2.24) is 0 Å². The average molecular weight is 375 g/mol. The van der Waals surface area contributed by atoms with E-state index in [0.29, 0.717) is 35.7 Å². The van der Waals surface area contributed by atoms with E-state index >= 15 is 0 Å². The van der Waals surface area contributed by atoms with E-state index in [9.17, 15) is 9.59 Å². The summed E-state index contributed by atoms with van der Waals surface area (Å²) in [6, 6.07) is 0. The van der Waals surface area contributed by atoms with Gasteiger partial charge < -0.3 is 9.47 Å². The Morgan fingerprint density at radius 1 is 1.19 bits per heavy atom. The van der Waals surface area contributed by atoms with Gasteiger partial charge in [-0.05, 0) is 60.8 Å². The maximum absolute atomic E-state index is 12.8. The summed E-state index contributed by atoms with van der Waals surface area (Å²) in [6.07, 6.45) is 5.73. The Kier molecular flexibility index (Phi) is 4.20. The minimum absolute atomic E-state index is 0.130. The van der Waals surface area contributed by atoms with E-state index in [1.807, 2.05) is 0 Å². The monoisotopic (exact) mass is 374 g/mol. The number of esters is 1. The van der Waals surface area contributed by atoms with E-state index in [1.54, 1.807) is 0 Å². The summed E-state index contributed by atoms with van der Waals surface area (Å²) in [4.78, 5) is 24.7. The zero-order valence-corrected chi connectivity index (χ0v) is 17.5. The summed E-state index contributed by atoms with van der Waals surface area (Å²) >= 11 is 0. The third-order valence-corrected chi connectivity index (χ3v) is 8.43. The van der Waals surface area contributed by atoms with Crippen molar-refractivity contribution >= 4 is 11.8 Å². The van der Waals surface area contributed by atoms with Crippen LogP contribution in [0, 0.1) is 28.6 Å². The Morgan fingerprint density at radius 3 is 2.56 bits per heavy atom. The number of Topliss-reactive ketones (excluding diaryl/α,β-unsaturated/α-hetero) is 1. The Labute approximate surface area is 163 Å². The fourth-order valence-electron chi connectivity index (χ4n) is 6.24. The molecule has 0 radical (unpaired) electrons.